The molecule has 0 aromatic carbocycles. The van der Waals surface area contributed by atoms with E-state index in [1.54, 1.807) is 0 Å². The Balaban J connectivity index is 1.94. The molecule has 2 bridgehead atoms. The van der Waals surface area contributed by atoms with Gasteiger partial charge in [0.25, 0.3) is 0 Å². The topological polar surface area (TPSA) is 43.4 Å². The lowest BCUT2D eigenvalue weighted by Crippen LogP contribution is -2.57. The summed E-state index contributed by atoms with van der Waals surface area (Å²) >= 11 is 4.90. The number of hydrogen-bond acceptors (Lipinski definition) is 3. The highest BCUT2D eigenvalue weighted by Gasteiger charge is 2.62. The van der Waals surface area contributed by atoms with Gasteiger partial charge in [-0.3, -0.25) is 4.79 Å². The van der Waals surface area contributed by atoms with Crippen LogP contribution in [0.3, 0.4) is 0 Å². The largest absolute Gasteiger partial charge is 0.411 e. The molecule has 0 aliphatic heterocycles. The smallest absolute Gasteiger partial charge is 0.380 e. The van der Waals surface area contributed by atoms with Crippen LogP contribution in [0.15, 0.2) is 0 Å². The van der Waals surface area contributed by atoms with Crippen LogP contribution in [-0.2, 0) is 9.53 Å². The van der Waals surface area contributed by atoms with Crippen molar-refractivity contribution < 1.29 is 14.3 Å². The van der Waals surface area contributed by atoms with Crippen molar-refractivity contribution in [3.05, 3.63) is 0 Å². The van der Waals surface area contributed by atoms with Gasteiger partial charge in [0.1, 0.15) is 0 Å². The fourth-order valence-electron chi connectivity index (χ4n) is 1.91. The highest BCUT2D eigenvalue weighted by atomic mass is 35.5. The summed E-state index contributed by atoms with van der Waals surface area (Å²) in [6, 6.07) is 0. The van der Waals surface area contributed by atoms with Gasteiger partial charge in [-0.25, -0.2) is 4.79 Å². The Bertz CT molecular complexity index is 219. The molecule has 0 N–H and O–H groups in total. The van der Waals surface area contributed by atoms with Crippen LogP contribution in [0.1, 0.15) is 19.3 Å². The summed E-state index contributed by atoms with van der Waals surface area (Å²) in [5.41, 5.74) is -1.32. The maximum Gasteiger partial charge on any atom is 0.411 e. The Kier molecular flexibility index (Phi) is 1.27. The minimum absolute atomic E-state index is 0.310. The summed E-state index contributed by atoms with van der Waals surface area (Å²) in [7, 11) is 0. The highest BCUT2D eigenvalue weighted by Crippen LogP contribution is 2.64. The van der Waals surface area contributed by atoms with Crippen LogP contribution in [0.5, 0.6) is 0 Å². The van der Waals surface area contributed by atoms with E-state index in [0.717, 1.165) is 19.3 Å². The van der Waals surface area contributed by atoms with E-state index in [-0.39, 0.29) is 5.41 Å². The molecule has 0 saturated heterocycles. The van der Waals surface area contributed by atoms with Crippen molar-refractivity contribution in [1.82, 2.24) is 0 Å². The first kappa shape index (κ1) is 7.10. The number of esters is 1. The van der Waals surface area contributed by atoms with Crippen molar-refractivity contribution in [3.8, 4) is 0 Å². The molecule has 0 spiro atoms. The van der Waals surface area contributed by atoms with Gasteiger partial charge in [-0.05, 0) is 25.2 Å². The number of hydrogen-bond donors (Lipinski definition) is 0. The number of rotatable bonds is 1. The van der Waals surface area contributed by atoms with E-state index in [1.165, 1.54) is 0 Å². The standard InChI is InChI=1S/C7H7ClO3/c8-6(10)11-5(9)7-1-4(2-7)3-7/h4H,1-3H2. The van der Waals surface area contributed by atoms with Crippen molar-refractivity contribution in [2.24, 2.45) is 11.3 Å². The maximum absolute atomic E-state index is 11.1. The van der Waals surface area contributed by atoms with Crippen molar-refractivity contribution in [2.45, 2.75) is 19.3 Å². The second kappa shape index (κ2) is 1.97. The number of ether oxygens (including phenoxy) is 1. The molecule has 3 saturated carbocycles. The third kappa shape index (κ3) is 0.872. The highest BCUT2D eigenvalue weighted by molar-refractivity contribution is 6.61. The monoisotopic (exact) mass is 174 g/mol. The Hall–Kier alpha value is -0.570. The first-order chi connectivity index (χ1) is 5.12. The molecule has 0 aromatic rings. The summed E-state index contributed by atoms with van der Waals surface area (Å²) < 4.78 is 4.28. The normalized spacial score (nSPS) is 38.5. The van der Waals surface area contributed by atoms with E-state index in [4.69, 9.17) is 11.6 Å². The fourth-order valence-corrected chi connectivity index (χ4v) is 1.98. The molecule has 0 unspecified atom stereocenters. The lowest BCUT2D eigenvalue weighted by atomic mass is 9.44. The Morgan fingerprint density at radius 2 is 1.91 bits per heavy atom. The molecule has 0 aromatic heterocycles. The predicted molar refractivity (Wildman–Crippen MR) is 37.1 cm³/mol. The maximum atomic E-state index is 11.1. The molecule has 3 rings (SSSR count). The first-order valence-electron chi connectivity index (χ1n) is 3.54. The van der Waals surface area contributed by atoms with Gasteiger partial charge in [0.05, 0.1) is 5.41 Å². The van der Waals surface area contributed by atoms with Crippen LogP contribution in [0.25, 0.3) is 0 Å². The average Bonchev–Trinajstić information content (AvgIpc) is 1.50. The van der Waals surface area contributed by atoms with E-state index in [2.05, 4.69) is 4.74 Å². The van der Waals surface area contributed by atoms with Crippen LogP contribution in [0.2, 0.25) is 0 Å². The fraction of sp³-hybridized carbons (Fsp3) is 0.714. The quantitative estimate of drug-likeness (QED) is 0.345. The van der Waals surface area contributed by atoms with Crippen LogP contribution < -0.4 is 0 Å². The van der Waals surface area contributed by atoms with Crippen LogP contribution in [0, 0.1) is 11.3 Å². The molecule has 11 heavy (non-hydrogen) atoms. The second-order valence-electron chi connectivity index (χ2n) is 3.39. The summed E-state index contributed by atoms with van der Waals surface area (Å²) in [4.78, 5) is 21.2. The van der Waals surface area contributed by atoms with Gasteiger partial charge in [-0.15, -0.1) is 0 Å². The molecule has 3 nitrogen and oxygen atoms in total. The van der Waals surface area contributed by atoms with Gasteiger partial charge in [0.2, 0.25) is 0 Å². The van der Waals surface area contributed by atoms with Crippen molar-refractivity contribution in [3.63, 3.8) is 0 Å². The lowest BCUT2D eigenvalue weighted by molar-refractivity contribution is -0.183. The van der Waals surface area contributed by atoms with Gasteiger partial charge in [-0.1, -0.05) is 0 Å². The van der Waals surface area contributed by atoms with Crippen molar-refractivity contribution in [1.29, 1.82) is 0 Å². The molecule has 0 atom stereocenters. The lowest BCUT2D eigenvalue weighted by Gasteiger charge is -2.58. The zero-order valence-electron chi connectivity index (χ0n) is 5.80. The third-order valence-corrected chi connectivity index (χ3v) is 2.72. The van der Waals surface area contributed by atoms with E-state index < -0.39 is 11.4 Å². The molecule has 3 aliphatic carbocycles. The minimum atomic E-state index is -1.01. The summed E-state index contributed by atoms with van der Waals surface area (Å²) in [5.74, 6) is 0.271. The minimum Gasteiger partial charge on any atom is -0.380 e. The van der Waals surface area contributed by atoms with E-state index >= 15 is 0 Å². The van der Waals surface area contributed by atoms with Gasteiger partial charge in [0.15, 0.2) is 0 Å². The molecular weight excluding hydrogens is 168 g/mol. The number of carbonyl (C=O) groups is 2. The second-order valence-corrected chi connectivity index (χ2v) is 3.69. The van der Waals surface area contributed by atoms with Gasteiger partial charge < -0.3 is 4.74 Å². The molecule has 0 radical (unpaired) electrons. The molecule has 3 aliphatic rings. The predicted octanol–water partition coefficient (Wildman–Crippen LogP) is 1.69. The Labute approximate surface area is 68.7 Å². The molecule has 60 valence electrons. The van der Waals surface area contributed by atoms with Crippen LogP contribution >= 0.6 is 11.6 Å². The van der Waals surface area contributed by atoms with Crippen molar-refractivity contribution >= 4 is 23.0 Å². The van der Waals surface area contributed by atoms with Crippen LogP contribution in [-0.4, -0.2) is 11.4 Å². The Morgan fingerprint density at radius 3 is 2.18 bits per heavy atom. The number of halogens is 1. The molecule has 3 fully saturated rings. The molecule has 0 heterocycles. The molecule has 0 amide bonds. The third-order valence-electron chi connectivity index (χ3n) is 2.64. The summed E-state index contributed by atoms with van der Waals surface area (Å²) in [5, 5.41) is 0. The Morgan fingerprint density at radius 1 is 1.36 bits per heavy atom. The van der Waals surface area contributed by atoms with Gasteiger partial charge in [0, 0.05) is 11.6 Å². The molecular formula is C7H7ClO3. The zero-order valence-corrected chi connectivity index (χ0v) is 6.56. The van der Waals surface area contributed by atoms with E-state index in [0.29, 0.717) is 5.92 Å². The van der Waals surface area contributed by atoms with Crippen molar-refractivity contribution in [2.75, 3.05) is 0 Å². The summed E-state index contributed by atoms with van der Waals surface area (Å²) in [6.07, 6.45) is 2.65. The van der Waals surface area contributed by atoms with Crippen LogP contribution in [0.4, 0.5) is 4.79 Å². The summed E-state index contributed by atoms with van der Waals surface area (Å²) in [6.45, 7) is 0. The van der Waals surface area contributed by atoms with Gasteiger partial charge in [-0.2, -0.15) is 0 Å². The molecule has 4 heteroatoms. The van der Waals surface area contributed by atoms with Gasteiger partial charge >= 0.3 is 11.4 Å². The first-order valence-corrected chi connectivity index (χ1v) is 3.92. The number of carbonyl (C=O) groups excluding carboxylic acids is 2. The SMILES string of the molecule is O=C(Cl)OC(=O)C12CC(C1)C2. The average molecular weight is 175 g/mol. The van der Waals surface area contributed by atoms with E-state index in [1.807, 2.05) is 0 Å². The zero-order chi connectivity index (χ0) is 8.06. The van der Waals surface area contributed by atoms with E-state index in [9.17, 15) is 9.59 Å².